The minimum Gasteiger partial charge on any atom is -0.393 e. The van der Waals surface area contributed by atoms with E-state index in [1.807, 2.05) is 23.1 Å². The molecular formula is C17H23NO3. The van der Waals surface area contributed by atoms with Gasteiger partial charge in [-0.1, -0.05) is 30.3 Å². The van der Waals surface area contributed by atoms with Crippen LogP contribution in [0.15, 0.2) is 30.3 Å². The van der Waals surface area contributed by atoms with Gasteiger partial charge >= 0.3 is 0 Å². The smallest absolute Gasteiger partial charge is 0.223 e. The molecule has 1 aromatic rings. The normalized spacial score (nSPS) is 19.5. The van der Waals surface area contributed by atoms with Gasteiger partial charge in [0, 0.05) is 31.0 Å². The van der Waals surface area contributed by atoms with Crippen molar-refractivity contribution in [1.82, 2.24) is 4.90 Å². The molecule has 21 heavy (non-hydrogen) atoms. The number of nitrogens with zero attached hydrogens (tertiary/aromatic N) is 1. The average Bonchev–Trinajstić information content (AvgIpc) is 2.92. The molecule has 114 valence electrons. The molecule has 0 aromatic heterocycles. The van der Waals surface area contributed by atoms with Crippen molar-refractivity contribution in [3.63, 3.8) is 0 Å². The van der Waals surface area contributed by atoms with E-state index in [1.54, 1.807) is 19.1 Å². The van der Waals surface area contributed by atoms with Gasteiger partial charge in [0.25, 0.3) is 0 Å². The molecule has 0 radical (unpaired) electrons. The number of Topliss-reactive ketones (excluding diaryl/α,β-unsaturated/α-hetero) is 1. The maximum Gasteiger partial charge on any atom is 0.223 e. The lowest BCUT2D eigenvalue weighted by atomic mass is 10.1. The molecule has 0 spiro atoms. The third-order valence-electron chi connectivity index (χ3n) is 3.97. The van der Waals surface area contributed by atoms with Gasteiger partial charge in [-0.3, -0.25) is 9.59 Å². The molecule has 1 saturated heterocycles. The first-order chi connectivity index (χ1) is 10.1. The van der Waals surface area contributed by atoms with E-state index in [0.29, 0.717) is 12.0 Å². The van der Waals surface area contributed by atoms with Gasteiger partial charge in [-0.25, -0.2) is 0 Å². The quantitative estimate of drug-likeness (QED) is 0.818. The van der Waals surface area contributed by atoms with Crippen LogP contribution in [-0.2, 0) is 4.79 Å². The maximum atomic E-state index is 12.3. The van der Waals surface area contributed by atoms with Crippen molar-refractivity contribution in [2.75, 3.05) is 6.54 Å². The molecule has 0 bridgehead atoms. The van der Waals surface area contributed by atoms with E-state index in [1.165, 1.54) is 0 Å². The van der Waals surface area contributed by atoms with Crippen LogP contribution in [-0.4, -0.2) is 40.4 Å². The number of hydrogen-bond donors (Lipinski definition) is 1. The summed E-state index contributed by atoms with van der Waals surface area (Å²) in [5.41, 5.74) is 0.659. The molecule has 1 aliphatic rings. The number of benzene rings is 1. The van der Waals surface area contributed by atoms with Crippen LogP contribution in [0.2, 0.25) is 0 Å². The third kappa shape index (κ3) is 4.39. The van der Waals surface area contributed by atoms with E-state index < -0.39 is 6.10 Å². The minimum atomic E-state index is -0.394. The number of ketones is 1. The molecule has 1 amide bonds. The summed E-state index contributed by atoms with van der Waals surface area (Å²) < 4.78 is 0. The molecule has 0 saturated carbocycles. The topological polar surface area (TPSA) is 57.6 Å². The van der Waals surface area contributed by atoms with Crippen LogP contribution >= 0.6 is 0 Å². The Morgan fingerprint density at radius 1 is 1.29 bits per heavy atom. The average molecular weight is 289 g/mol. The number of carbonyl (C=O) groups is 2. The molecule has 2 atom stereocenters. The molecule has 1 heterocycles. The highest BCUT2D eigenvalue weighted by molar-refractivity contribution is 5.97. The molecule has 1 N–H and O–H groups in total. The van der Waals surface area contributed by atoms with Gasteiger partial charge in [-0.05, 0) is 26.2 Å². The molecule has 2 unspecified atom stereocenters. The molecule has 2 rings (SSSR count). The van der Waals surface area contributed by atoms with Crippen LogP contribution in [0.25, 0.3) is 0 Å². The van der Waals surface area contributed by atoms with Crippen LogP contribution < -0.4 is 0 Å². The first kappa shape index (κ1) is 15.7. The Hall–Kier alpha value is -1.68. The van der Waals surface area contributed by atoms with Crippen molar-refractivity contribution in [2.24, 2.45) is 0 Å². The molecule has 1 fully saturated rings. The molecule has 4 heteroatoms. The molecule has 4 nitrogen and oxygen atoms in total. The number of aliphatic hydroxyl groups is 1. The number of amides is 1. The van der Waals surface area contributed by atoms with Crippen molar-refractivity contribution < 1.29 is 14.7 Å². The second-order valence-corrected chi connectivity index (χ2v) is 5.76. The van der Waals surface area contributed by atoms with Gasteiger partial charge in [-0.2, -0.15) is 0 Å². The molecule has 1 aromatic carbocycles. The Kier molecular flexibility index (Phi) is 5.51. The monoisotopic (exact) mass is 289 g/mol. The van der Waals surface area contributed by atoms with Crippen molar-refractivity contribution in [3.8, 4) is 0 Å². The summed E-state index contributed by atoms with van der Waals surface area (Å²) in [4.78, 5) is 26.1. The number of likely N-dealkylation sites (tertiary alicyclic amines) is 1. The summed E-state index contributed by atoms with van der Waals surface area (Å²) in [7, 11) is 0. The SMILES string of the molecule is CC(O)CC1CCCN1C(=O)CCC(=O)c1ccccc1. The number of hydrogen-bond acceptors (Lipinski definition) is 3. The fourth-order valence-corrected chi connectivity index (χ4v) is 2.94. The lowest BCUT2D eigenvalue weighted by molar-refractivity contribution is -0.132. The summed E-state index contributed by atoms with van der Waals surface area (Å²) in [5, 5.41) is 9.49. The summed E-state index contributed by atoms with van der Waals surface area (Å²) in [6.07, 6.45) is 2.66. The van der Waals surface area contributed by atoms with Crippen molar-refractivity contribution in [1.29, 1.82) is 0 Å². The first-order valence-electron chi connectivity index (χ1n) is 7.63. The predicted molar refractivity (Wildman–Crippen MR) is 81.0 cm³/mol. The second kappa shape index (κ2) is 7.36. The third-order valence-corrected chi connectivity index (χ3v) is 3.97. The Balaban J connectivity index is 1.85. The highest BCUT2D eigenvalue weighted by atomic mass is 16.3. The zero-order chi connectivity index (χ0) is 15.2. The van der Waals surface area contributed by atoms with Crippen LogP contribution in [0.3, 0.4) is 0 Å². The summed E-state index contributed by atoms with van der Waals surface area (Å²) >= 11 is 0. The van der Waals surface area contributed by atoms with E-state index in [-0.39, 0.29) is 30.6 Å². The van der Waals surface area contributed by atoms with Crippen molar-refractivity contribution in [3.05, 3.63) is 35.9 Å². The molecule has 1 aliphatic heterocycles. The lowest BCUT2D eigenvalue weighted by Gasteiger charge is -2.25. The number of rotatable bonds is 6. The van der Waals surface area contributed by atoms with E-state index >= 15 is 0 Å². The number of carbonyl (C=O) groups excluding carboxylic acids is 2. The Labute approximate surface area is 125 Å². The van der Waals surface area contributed by atoms with Gasteiger partial charge in [0.15, 0.2) is 5.78 Å². The van der Waals surface area contributed by atoms with Crippen LogP contribution in [0.5, 0.6) is 0 Å². The van der Waals surface area contributed by atoms with Gasteiger partial charge in [0.1, 0.15) is 0 Å². The van der Waals surface area contributed by atoms with Gasteiger partial charge in [0.05, 0.1) is 6.10 Å². The second-order valence-electron chi connectivity index (χ2n) is 5.76. The van der Waals surface area contributed by atoms with Crippen LogP contribution in [0.4, 0.5) is 0 Å². The zero-order valence-corrected chi connectivity index (χ0v) is 12.5. The van der Waals surface area contributed by atoms with E-state index in [4.69, 9.17) is 0 Å². The van der Waals surface area contributed by atoms with Crippen LogP contribution in [0.1, 0.15) is 49.4 Å². The highest BCUT2D eigenvalue weighted by Gasteiger charge is 2.29. The maximum absolute atomic E-state index is 12.3. The predicted octanol–water partition coefficient (Wildman–Crippen LogP) is 2.41. The van der Waals surface area contributed by atoms with Crippen molar-refractivity contribution in [2.45, 2.75) is 51.2 Å². The largest absolute Gasteiger partial charge is 0.393 e. The summed E-state index contributed by atoms with van der Waals surface area (Å²) in [5.74, 6) is 0.0395. The van der Waals surface area contributed by atoms with Crippen LogP contribution in [0, 0.1) is 0 Å². The zero-order valence-electron chi connectivity index (χ0n) is 12.5. The lowest BCUT2D eigenvalue weighted by Crippen LogP contribution is -2.37. The Morgan fingerprint density at radius 3 is 2.67 bits per heavy atom. The summed E-state index contributed by atoms with van der Waals surface area (Å²) in [6, 6.07) is 9.21. The molecule has 0 aliphatic carbocycles. The van der Waals surface area contributed by atoms with E-state index in [0.717, 1.165) is 19.4 Å². The highest BCUT2D eigenvalue weighted by Crippen LogP contribution is 2.22. The van der Waals surface area contributed by atoms with Gasteiger partial charge in [-0.15, -0.1) is 0 Å². The summed E-state index contributed by atoms with van der Waals surface area (Å²) in [6.45, 7) is 2.50. The van der Waals surface area contributed by atoms with E-state index in [2.05, 4.69) is 0 Å². The first-order valence-corrected chi connectivity index (χ1v) is 7.63. The fraction of sp³-hybridized carbons (Fsp3) is 0.529. The fourth-order valence-electron chi connectivity index (χ4n) is 2.94. The van der Waals surface area contributed by atoms with Gasteiger partial charge < -0.3 is 10.0 Å². The van der Waals surface area contributed by atoms with Crippen molar-refractivity contribution >= 4 is 11.7 Å². The molecular weight excluding hydrogens is 266 g/mol. The standard InChI is InChI=1S/C17H23NO3/c1-13(19)12-15-8-5-11-18(15)17(21)10-9-16(20)14-6-3-2-4-7-14/h2-4,6-7,13,15,19H,5,8-12H2,1H3. The Morgan fingerprint density at radius 2 is 2.00 bits per heavy atom. The number of aliphatic hydroxyl groups excluding tert-OH is 1. The van der Waals surface area contributed by atoms with Gasteiger partial charge in [0.2, 0.25) is 5.91 Å². The Bertz CT molecular complexity index is 484. The minimum absolute atomic E-state index is 0.00947. The van der Waals surface area contributed by atoms with E-state index in [9.17, 15) is 14.7 Å².